The Labute approximate surface area is 134 Å². The van der Waals surface area contributed by atoms with Gasteiger partial charge in [0, 0.05) is 16.6 Å². The van der Waals surface area contributed by atoms with Gasteiger partial charge in [0.1, 0.15) is 0 Å². The number of hydrogen-bond acceptors (Lipinski definition) is 3. The molecule has 3 atom stereocenters. The van der Waals surface area contributed by atoms with Crippen LogP contribution in [0.3, 0.4) is 0 Å². The van der Waals surface area contributed by atoms with Crippen molar-refractivity contribution < 1.29 is 9.59 Å². The molecule has 1 aromatic carbocycles. The number of amides is 2. The molecule has 0 radical (unpaired) electrons. The van der Waals surface area contributed by atoms with Crippen molar-refractivity contribution in [3.63, 3.8) is 0 Å². The SMILES string of the molecule is CCC(C)N1C(=O)CC(NC(C)c2ccc(Br)cc2)C1=O. The Hall–Kier alpha value is -1.20. The average molecular weight is 353 g/mol. The number of hydrogen-bond donors (Lipinski definition) is 1. The fraction of sp³-hybridized carbons (Fsp3) is 0.500. The Morgan fingerprint density at radius 1 is 1.29 bits per heavy atom. The van der Waals surface area contributed by atoms with Gasteiger partial charge in [-0.2, -0.15) is 0 Å². The van der Waals surface area contributed by atoms with Gasteiger partial charge in [-0.05, 0) is 38.0 Å². The molecule has 0 saturated carbocycles. The molecule has 2 amide bonds. The fourth-order valence-electron chi connectivity index (χ4n) is 2.58. The van der Waals surface area contributed by atoms with Gasteiger partial charge in [0.15, 0.2) is 0 Å². The van der Waals surface area contributed by atoms with E-state index in [4.69, 9.17) is 0 Å². The maximum absolute atomic E-state index is 12.4. The van der Waals surface area contributed by atoms with E-state index in [2.05, 4.69) is 21.2 Å². The zero-order valence-corrected chi connectivity index (χ0v) is 14.2. The molecule has 1 aliphatic heterocycles. The van der Waals surface area contributed by atoms with Crippen LogP contribution >= 0.6 is 15.9 Å². The Kier molecular flexibility index (Phi) is 5.17. The Balaban J connectivity index is 2.05. The molecule has 2 rings (SSSR count). The van der Waals surface area contributed by atoms with E-state index in [9.17, 15) is 9.59 Å². The highest BCUT2D eigenvalue weighted by atomic mass is 79.9. The summed E-state index contributed by atoms with van der Waals surface area (Å²) in [6, 6.07) is 7.55. The third-order valence-electron chi connectivity index (χ3n) is 4.04. The molecule has 1 aliphatic rings. The van der Waals surface area contributed by atoms with Crippen LogP contribution in [0.15, 0.2) is 28.7 Å². The number of rotatable bonds is 5. The number of carbonyl (C=O) groups excluding carboxylic acids is 2. The summed E-state index contributed by atoms with van der Waals surface area (Å²) in [6.07, 6.45) is 1.04. The third-order valence-corrected chi connectivity index (χ3v) is 4.56. The molecule has 1 fully saturated rings. The van der Waals surface area contributed by atoms with E-state index in [1.165, 1.54) is 4.90 Å². The highest BCUT2D eigenvalue weighted by Crippen LogP contribution is 2.22. The lowest BCUT2D eigenvalue weighted by atomic mass is 10.1. The van der Waals surface area contributed by atoms with Gasteiger partial charge in [0.25, 0.3) is 0 Å². The van der Waals surface area contributed by atoms with Gasteiger partial charge in [-0.25, -0.2) is 0 Å². The molecule has 1 N–H and O–H groups in total. The second-order valence-electron chi connectivity index (χ2n) is 5.56. The number of likely N-dealkylation sites (tertiary alicyclic amines) is 1. The van der Waals surface area contributed by atoms with Crippen molar-refractivity contribution in [2.45, 2.75) is 51.7 Å². The first-order chi connectivity index (χ1) is 9.93. The van der Waals surface area contributed by atoms with Gasteiger partial charge in [0.2, 0.25) is 11.8 Å². The van der Waals surface area contributed by atoms with Gasteiger partial charge >= 0.3 is 0 Å². The van der Waals surface area contributed by atoms with E-state index in [-0.39, 0.29) is 30.3 Å². The van der Waals surface area contributed by atoms with Crippen LogP contribution in [-0.2, 0) is 9.59 Å². The second-order valence-corrected chi connectivity index (χ2v) is 6.47. The van der Waals surface area contributed by atoms with Gasteiger partial charge in [-0.15, -0.1) is 0 Å². The zero-order valence-electron chi connectivity index (χ0n) is 12.6. The van der Waals surface area contributed by atoms with E-state index >= 15 is 0 Å². The van der Waals surface area contributed by atoms with Crippen LogP contribution in [0.5, 0.6) is 0 Å². The second kappa shape index (κ2) is 6.71. The summed E-state index contributed by atoms with van der Waals surface area (Å²) in [7, 11) is 0. The molecule has 3 unspecified atom stereocenters. The van der Waals surface area contributed by atoms with Crippen molar-refractivity contribution in [3.05, 3.63) is 34.3 Å². The summed E-state index contributed by atoms with van der Waals surface area (Å²) in [5.41, 5.74) is 1.10. The van der Waals surface area contributed by atoms with E-state index in [1.807, 2.05) is 45.0 Å². The molecule has 1 heterocycles. The Morgan fingerprint density at radius 2 is 1.90 bits per heavy atom. The standard InChI is InChI=1S/C16H21BrN2O2/c1-4-10(2)19-15(20)9-14(16(19)21)18-11(3)12-5-7-13(17)8-6-12/h5-8,10-11,14,18H,4,9H2,1-3H3. The van der Waals surface area contributed by atoms with E-state index in [1.54, 1.807) is 0 Å². The normalized spacial score (nSPS) is 21.7. The third kappa shape index (κ3) is 3.52. The van der Waals surface area contributed by atoms with Crippen LogP contribution in [0.25, 0.3) is 0 Å². The number of carbonyl (C=O) groups is 2. The first-order valence-electron chi connectivity index (χ1n) is 7.31. The number of nitrogens with one attached hydrogen (secondary N) is 1. The predicted molar refractivity (Wildman–Crippen MR) is 85.7 cm³/mol. The number of benzene rings is 1. The molecule has 1 saturated heterocycles. The summed E-state index contributed by atoms with van der Waals surface area (Å²) in [5.74, 6) is -0.173. The summed E-state index contributed by atoms with van der Waals surface area (Å²) < 4.78 is 1.02. The molecule has 5 heteroatoms. The summed E-state index contributed by atoms with van der Waals surface area (Å²) >= 11 is 3.41. The summed E-state index contributed by atoms with van der Waals surface area (Å²) in [4.78, 5) is 25.8. The minimum atomic E-state index is -0.412. The molecule has 0 spiro atoms. The van der Waals surface area contributed by atoms with Crippen LogP contribution in [0.4, 0.5) is 0 Å². The first-order valence-corrected chi connectivity index (χ1v) is 8.10. The predicted octanol–water partition coefficient (Wildman–Crippen LogP) is 3.03. The molecule has 0 aliphatic carbocycles. The van der Waals surface area contributed by atoms with Crippen molar-refractivity contribution in [3.8, 4) is 0 Å². The lowest BCUT2D eigenvalue weighted by molar-refractivity contribution is -0.141. The summed E-state index contributed by atoms with van der Waals surface area (Å²) in [6.45, 7) is 5.90. The fourth-order valence-corrected chi connectivity index (χ4v) is 2.84. The van der Waals surface area contributed by atoms with Crippen molar-refractivity contribution in [2.24, 2.45) is 0 Å². The van der Waals surface area contributed by atoms with E-state index in [0.29, 0.717) is 0 Å². The minimum Gasteiger partial charge on any atom is -0.299 e. The maximum atomic E-state index is 12.4. The van der Waals surface area contributed by atoms with Crippen LogP contribution in [0, 0.1) is 0 Å². The monoisotopic (exact) mass is 352 g/mol. The molecule has 0 aromatic heterocycles. The average Bonchev–Trinajstić information content (AvgIpc) is 2.73. The lowest BCUT2D eigenvalue weighted by Gasteiger charge is -2.23. The maximum Gasteiger partial charge on any atom is 0.247 e. The first kappa shape index (κ1) is 16.2. The van der Waals surface area contributed by atoms with Gasteiger partial charge < -0.3 is 0 Å². The zero-order chi connectivity index (χ0) is 15.6. The molecule has 0 bridgehead atoms. The number of halogens is 1. The largest absolute Gasteiger partial charge is 0.299 e. The van der Waals surface area contributed by atoms with E-state index < -0.39 is 6.04 Å². The Morgan fingerprint density at radius 3 is 2.48 bits per heavy atom. The lowest BCUT2D eigenvalue weighted by Crippen LogP contribution is -2.43. The van der Waals surface area contributed by atoms with Gasteiger partial charge in [-0.1, -0.05) is 35.0 Å². The van der Waals surface area contributed by atoms with Crippen LogP contribution in [0.2, 0.25) is 0 Å². The Bertz CT molecular complexity index is 530. The van der Waals surface area contributed by atoms with Gasteiger partial charge in [-0.3, -0.25) is 19.8 Å². The number of imide groups is 1. The number of nitrogens with zero attached hydrogens (tertiary/aromatic N) is 1. The van der Waals surface area contributed by atoms with Crippen molar-refractivity contribution in [1.82, 2.24) is 10.2 Å². The topological polar surface area (TPSA) is 49.4 Å². The van der Waals surface area contributed by atoms with Crippen LogP contribution in [-0.4, -0.2) is 28.8 Å². The van der Waals surface area contributed by atoms with Crippen LogP contribution in [0.1, 0.15) is 45.2 Å². The molecular formula is C16H21BrN2O2. The molecule has 114 valence electrons. The van der Waals surface area contributed by atoms with Crippen molar-refractivity contribution in [1.29, 1.82) is 0 Å². The molecular weight excluding hydrogens is 332 g/mol. The summed E-state index contributed by atoms with van der Waals surface area (Å²) in [5, 5.41) is 3.28. The molecule has 1 aromatic rings. The smallest absolute Gasteiger partial charge is 0.247 e. The van der Waals surface area contributed by atoms with Crippen LogP contribution < -0.4 is 5.32 Å². The molecule has 4 nitrogen and oxygen atoms in total. The van der Waals surface area contributed by atoms with Crippen molar-refractivity contribution >= 4 is 27.7 Å². The van der Waals surface area contributed by atoms with E-state index in [0.717, 1.165) is 16.5 Å². The quantitative estimate of drug-likeness (QED) is 0.828. The minimum absolute atomic E-state index is 0.0248. The molecule has 21 heavy (non-hydrogen) atoms. The highest BCUT2D eigenvalue weighted by Gasteiger charge is 2.40. The highest BCUT2D eigenvalue weighted by molar-refractivity contribution is 9.10. The van der Waals surface area contributed by atoms with Gasteiger partial charge in [0.05, 0.1) is 12.5 Å². The van der Waals surface area contributed by atoms with Crippen molar-refractivity contribution in [2.75, 3.05) is 0 Å².